The molecular weight excluding hydrogens is 184 g/mol. The lowest BCUT2D eigenvalue weighted by Gasteiger charge is -1.91. The van der Waals surface area contributed by atoms with E-state index in [1.54, 1.807) is 18.5 Å². The van der Waals surface area contributed by atoms with Crippen molar-refractivity contribution >= 4 is 5.97 Å². The molecule has 2 N–H and O–H groups in total. The Balaban J connectivity index is 2.22. The second-order valence-electron chi connectivity index (χ2n) is 2.80. The van der Waals surface area contributed by atoms with E-state index in [-0.39, 0.29) is 6.42 Å². The van der Waals surface area contributed by atoms with E-state index >= 15 is 0 Å². The lowest BCUT2D eigenvalue weighted by Crippen LogP contribution is -1.99. The van der Waals surface area contributed by atoms with Gasteiger partial charge in [0, 0.05) is 24.0 Å². The molecule has 0 saturated heterocycles. The van der Waals surface area contributed by atoms with Crippen molar-refractivity contribution < 1.29 is 9.90 Å². The summed E-state index contributed by atoms with van der Waals surface area (Å²) < 4.78 is 1.52. The van der Waals surface area contributed by atoms with Crippen LogP contribution in [0.25, 0.3) is 5.82 Å². The van der Waals surface area contributed by atoms with Gasteiger partial charge < -0.3 is 5.11 Å². The summed E-state index contributed by atoms with van der Waals surface area (Å²) in [5.74, 6) is -0.229. The summed E-state index contributed by atoms with van der Waals surface area (Å²) in [7, 11) is 0. The molecule has 0 aliphatic heterocycles. The normalized spacial score (nSPS) is 10.3. The summed E-state index contributed by atoms with van der Waals surface area (Å²) in [6.45, 7) is 0. The molecule has 0 aromatic carbocycles. The van der Waals surface area contributed by atoms with Gasteiger partial charge in [-0.05, 0) is 0 Å². The minimum absolute atomic E-state index is 0.0234. The molecule has 0 unspecified atom stereocenters. The molecule has 0 aliphatic carbocycles. The van der Waals surface area contributed by atoms with Crippen LogP contribution in [0.1, 0.15) is 5.56 Å². The molecule has 0 radical (unpaired) electrons. The van der Waals surface area contributed by atoms with Crippen molar-refractivity contribution in [3.05, 3.63) is 30.2 Å². The number of H-pyrrole nitrogens is 1. The third kappa shape index (κ3) is 1.63. The van der Waals surface area contributed by atoms with Gasteiger partial charge in [-0.15, -0.1) is 0 Å². The van der Waals surface area contributed by atoms with Crippen LogP contribution in [0.4, 0.5) is 0 Å². The molecule has 0 bridgehead atoms. The summed E-state index contributed by atoms with van der Waals surface area (Å²) in [5.41, 5.74) is 0.653. The Morgan fingerprint density at radius 2 is 2.50 bits per heavy atom. The number of carboxylic acid groups (broad SMARTS) is 1. The van der Waals surface area contributed by atoms with E-state index in [0.29, 0.717) is 11.4 Å². The highest BCUT2D eigenvalue weighted by molar-refractivity contribution is 5.69. The van der Waals surface area contributed by atoms with E-state index in [1.165, 1.54) is 10.9 Å². The maximum absolute atomic E-state index is 10.4. The number of carbonyl (C=O) groups is 1. The Kier molecular flexibility index (Phi) is 2.02. The lowest BCUT2D eigenvalue weighted by molar-refractivity contribution is -0.136. The van der Waals surface area contributed by atoms with Crippen LogP contribution in [0, 0.1) is 0 Å². The van der Waals surface area contributed by atoms with Gasteiger partial charge in [0.05, 0.1) is 12.6 Å². The predicted octanol–water partition coefficient (Wildman–Crippen LogP) is 0.222. The molecule has 2 aromatic heterocycles. The van der Waals surface area contributed by atoms with Gasteiger partial charge in [-0.2, -0.15) is 10.2 Å². The van der Waals surface area contributed by atoms with Crippen LogP contribution >= 0.6 is 0 Å². The highest BCUT2D eigenvalue weighted by Gasteiger charge is 2.05. The monoisotopic (exact) mass is 192 g/mol. The molecule has 0 saturated carbocycles. The van der Waals surface area contributed by atoms with Crippen molar-refractivity contribution in [2.75, 3.05) is 0 Å². The Morgan fingerprint density at radius 1 is 1.64 bits per heavy atom. The first-order valence-electron chi connectivity index (χ1n) is 4.01. The molecule has 2 rings (SSSR count). The molecule has 0 aliphatic rings. The van der Waals surface area contributed by atoms with Gasteiger partial charge in [0.25, 0.3) is 0 Å². The van der Waals surface area contributed by atoms with Crippen LogP contribution in [-0.4, -0.2) is 31.1 Å². The number of nitrogens with zero attached hydrogens (tertiary/aromatic N) is 3. The van der Waals surface area contributed by atoms with Crippen molar-refractivity contribution in [2.24, 2.45) is 0 Å². The first-order chi connectivity index (χ1) is 6.75. The average molecular weight is 192 g/mol. The Morgan fingerprint density at radius 3 is 3.14 bits per heavy atom. The fourth-order valence-corrected chi connectivity index (χ4v) is 1.13. The summed E-state index contributed by atoms with van der Waals surface area (Å²) in [4.78, 5) is 10.4. The van der Waals surface area contributed by atoms with Gasteiger partial charge in [0.15, 0.2) is 5.82 Å². The van der Waals surface area contributed by atoms with Crippen LogP contribution in [0.5, 0.6) is 0 Å². The first-order valence-corrected chi connectivity index (χ1v) is 4.01. The van der Waals surface area contributed by atoms with Crippen molar-refractivity contribution in [1.82, 2.24) is 20.0 Å². The second-order valence-corrected chi connectivity index (χ2v) is 2.80. The Bertz CT molecular complexity index is 432. The number of hydrogen-bond acceptors (Lipinski definition) is 3. The van der Waals surface area contributed by atoms with Crippen molar-refractivity contribution in [2.45, 2.75) is 6.42 Å². The number of nitrogens with one attached hydrogen (secondary N) is 1. The number of aliphatic carboxylic acids is 1. The molecule has 0 atom stereocenters. The quantitative estimate of drug-likeness (QED) is 0.728. The molecule has 0 amide bonds. The zero-order chi connectivity index (χ0) is 9.97. The van der Waals surface area contributed by atoms with Gasteiger partial charge in [-0.3, -0.25) is 9.89 Å². The Labute approximate surface area is 79.2 Å². The smallest absolute Gasteiger partial charge is 0.307 e. The summed E-state index contributed by atoms with van der Waals surface area (Å²) in [6.07, 6.45) is 4.81. The third-order valence-corrected chi connectivity index (χ3v) is 1.71. The molecule has 72 valence electrons. The molecule has 2 heterocycles. The molecule has 0 spiro atoms. The number of aromatic nitrogens is 4. The summed E-state index contributed by atoms with van der Waals surface area (Å²) in [6, 6.07) is 1.75. The van der Waals surface area contributed by atoms with Gasteiger partial charge in [-0.25, -0.2) is 4.68 Å². The SMILES string of the molecule is O=C(O)Cc1cnn(-c2cc[nH]n2)c1. The number of hydrogen-bond donors (Lipinski definition) is 2. The van der Waals surface area contributed by atoms with Crippen LogP contribution in [-0.2, 0) is 11.2 Å². The number of aromatic amines is 1. The van der Waals surface area contributed by atoms with E-state index in [9.17, 15) is 4.79 Å². The first kappa shape index (κ1) is 8.49. The zero-order valence-corrected chi connectivity index (χ0v) is 7.21. The fourth-order valence-electron chi connectivity index (χ4n) is 1.13. The minimum Gasteiger partial charge on any atom is -0.481 e. The van der Waals surface area contributed by atoms with E-state index in [4.69, 9.17) is 5.11 Å². The highest BCUT2D eigenvalue weighted by Crippen LogP contribution is 2.04. The van der Waals surface area contributed by atoms with Crippen molar-refractivity contribution in [1.29, 1.82) is 0 Å². The molecule has 14 heavy (non-hydrogen) atoms. The average Bonchev–Trinajstić information content (AvgIpc) is 2.69. The zero-order valence-electron chi connectivity index (χ0n) is 7.21. The van der Waals surface area contributed by atoms with Gasteiger partial charge in [0.1, 0.15) is 0 Å². The van der Waals surface area contributed by atoms with Crippen LogP contribution in [0.15, 0.2) is 24.7 Å². The topological polar surface area (TPSA) is 83.8 Å². The molecule has 0 fully saturated rings. The van der Waals surface area contributed by atoms with Gasteiger partial charge in [0.2, 0.25) is 0 Å². The molecule has 6 heteroatoms. The largest absolute Gasteiger partial charge is 0.481 e. The van der Waals surface area contributed by atoms with E-state index < -0.39 is 5.97 Å². The fraction of sp³-hybridized carbons (Fsp3) is 0.125. The van der Waals surface area contributed by atoms with Gasteiger partial charge in [-0.1, -0.05) is 0 Å². The maximum Gasteiger partial charge on any atom is 0.307 e. The molecular formula is C8H8N4O2. The summed E-state index contributed by atoms with van der Waals surface area (Å²) >= 11 is 0. The Hall–Kier alpha value is -2.11. The van der Waals surface area contributed by atoms with E-state index in [0.717, 1.165) is 0 Å². The van der Waals surface area contributed by atoms with Crippen LogP contribution in [0.3, 0.4) is 0 Å². The lowest BCUT2D eigenvalue weighted by atomic mass is 10.3. The summed E-state index contributed by atoms with van der Waals surface area (Å²) in [5, 5.41) is 19.1. The van der Waals surface area contributed by atoms with Gasteiger partial charge >= 0.3 is 5.97 Å². The van der Waals surface area contributed by atoms with E-state index in [2.05, 4.69) is 15.3 Å². The van der Waals surface area contributed by atoms with Crippen molar-refractivity contribution in [3.63, 3.8) is 0 Å². The maximum atomic E-state index is 10.4. The number of carboxylic acids is 1. The van der Waals surface area contributed by atoms with Crippen LogP contribution < -0.4 is 0 Å². The highest BCUT2D eigenvalue weighted by atomic mass is 16.4. The molecule has 2 aromatic rings. The van der Waals surface area contributed by atoms with Crippen molar-refractivity contribution in [3.8, 4) is 5.82 Å². The standard InChI is InChI=1S/C8H8N4O2/c13-8(14)3-6-4-10-12(5-6)7-1-2-9-11-7/h1-2,4-5H,3H2,(H,9,11)(H,13,14). The number of rotatable bonds is 3. The molecule has 6 nitrogen and oxygen atoms in total. The van der Waals surface area contributed by atoms with E-state index in [1.807, 2.05) is 0 Å². The predicted molar refractivity (Wildman–Crippen MR) is 47.0 cm³/mol. The minimum atomic E-state index is -0.869. The third-order valence-electron chi connectivity index (χ3n) is 1.71. The second kappa shape index (κ2) is 3.33. The van der Waals surface area contributed by atoms with Crippen LogP contribution in [0.2, 0.25) is 0 Å².